The average molecular weight is 265 g/mol. The van der Waals surface area contributed by atoms with Crippen LogP contribution in [0.1, 0.15) is 12.0 Å². The first-order chi connectivity index (χ1) is 9.31. The first-order valence-electron chi connectivity index (χ1n) is 6.85. The largest absolute Gasteiger partial charge is 0.491 e. The maximum absolute atomic E-state index is 9.14. The zero-order chi connectivity index (χ0) is 13.5. The number of methoxy groups -OCH3 is 1. The van der Waals surface area contributed by atoms with Gasteiger partial charge in [-0.05, 0) is 36.6 Å². The third-order valence-corrected chi connectivity index (χ3v) is 3.51. The molecule has 0 saturated carbocycles. The van der Waals surface area contributed by atoms with Gasteiger partial charge in [-0.25, -0.2) is 0 Å². The maximum atomic E-state index is 9.14. The minimum absolute atomic E-state index is 0.308. The van der Waals surface area contributed by atoms with E-state index in [9.17, 15) is 0 Å². The molecule has 0 bridgehead atoms. The van der Waals surface area contributed by atoms with Gasteiger partial charge in [-0.15, -0.1) is 0 Å². The van der Waals surface area contributed by atoms with E-state index < -0.39 is 0 Å². The number of rotatable bonds is 7. The molecule has 4 nitrogen and oxygen atoms in total. The molecule has 0 radical (unpaired) electrons. The molecule has 19 heavy (non-hydrogen) atoms. The third kappa shape index (κ3) is 4.49. The number of aliphatic hydroxyl groups is 1. The SMILES string of the molecule is COCCOc1ccc(CN2CCC(CO)C2)cc1. The third-order valence-electron chi connectivity index (χ3n) is 3.51. The maximum Gasteiger partial charge on any atom is 0.119 e. The molecule has 1 saturated heterocycles. The quantitative estimate of drug-likeness (QED) is 0.759. The summed E-state index contributed by atoms with van der Waals surface area (Å²) >= 11 is 0. The van der Waals surface area contributed by atoms with Gasteiger partial charge in [0.1, 0.15) is 12.4 Å². The fraction of sp³-hybridized carbons (Fsp3) is 0.600. The lowest BCUT2D eigenvalue weighted by molar-refractivity contribution is 0.146. The summed E-state index contributed by atoms with van der Waals surface area (Å²) < 4.78 is 10.5. The monoisotopic (exact) mass is 265 g/mol. The van der Waals surface area contributed by atoms with Gasteiger partial charge in [0.15, 0.2) is 0 Å². The Hall–Kier alpha value is -1.10. The molecule has 0 aliphatic carbocycles. The van der Waals surface area contributed by atoms with E-state index in [4.69, 9.17) is 14.6 Å². The number of nitrogens with zero attached hydrogens (tertiary/aromatic N) is 1. The van der Waals surface area contributed by atoms with Crippen LogP contribution in [-0.4, -0.2) is 50.0 Å². The lowest BCUT2D eigenvalue weighted by Crippen LogP contribution is -2.20. The van der Waals surface area contributed by atoms with Gasteiger partial charge in [0, 0.05) is 26.8 Å². The van der Waals surface area contributed by atoms with Crippen molar-refractivity contribution < 1.29 is 14.6 Å². The molecule has 1 aliphatic rings. The molecule has 0 aromatic heterocycles. The van der Waals surface area contributed by atoms with Crippen molar-refractivity contribution in [2.45, 2.75) is 13.0 Å². The summed E-state index contributed by atoms with van der Waals surface area (Å²) in [5.74, 6) is 1.34. The minimum atomic E-state index is 0.308. The van der Waals surface area contributed by atoms with Crippen molar-refractivity contribution in [1.82, 2.24) is 4.90 Å². The summed E-state index contributed by atoms with van der Waals surface area (Å²) in [6, 6.07) is 8.22. The van der Waals surface area contributed by atoms with Crippen LogP contribution in [0.5, 0.6) is 5.75 Å². The number of likely N-dealkylation sites (tertiary alicyclic amines) is 1. The number of hydrogen-bond donors (Lipinski definition) is 1. The van der Waals surface area contributed by atoms with E-state index >= 15 is 0 Å². The number of aliphatic hydroxyl groups excluding tert-OH is 1. The molecule has 0 spiro atoms. The highest BCUT2D eigenvalue weighted by Crippen LogP contribution is 2.19. The Morgan fingerprint density at radius 3 is 2.68 bits per heavy atom. The van der Waals surface area contributed by atoms with Gasteiger partial charge in [0.2, 0.25) is 0 Å². The number of ether oxygens (including phenoxy) is 2. The van der Waals surface area contributed by atoms with Crippen LogP contribution < -0.4 is 4.74 Å². The molecule has 1 aromatic carbocycles. The van der Waals surface area contributed by atoms with Crippen molar-refractivity contribution in [2.24, 2.45) is 5.92 Å². The standard InChI is InChI=1S/C15H23NO3/c1-18-8-9-19-15-4-2-13(3-5-15)10-16-7-6-14(11-16)12-17/h2-5,14,17H,6-12H2,1H3. The second kappa shape index (κ2) is 7.48. The van der Waals surface area contributed by atoms with Crippen LogP contribution in [0, 0.1) is 5.92 Å². The molecule has 1 heterocycles. The van der Waals surface area contributed by atoms with Crippen molar-refractivity contribution >= 4 is 0 Å². The molecule has 4 heteroatoms. The van der Waals surface area contributed by atoms with Crippen molar-refractivity contribution in [3.8, 4) is 5.75 Å². The highest BCUT2D eigenvalue weighted by molar-refractivity contribution is 5.27. The highest BCUT2D eigenvalue weighted by atomic mass is 16.5. The van der Waals surface area contributed by atoms with E-state index in [-0.39, 0.29) is 0 Å². The predicted octanol–water partition coefficient (Wildman–Crippen LogP) is 1.53. The van der Waals surface area contributed by atoms with Crippen LogP contribution in [0.25, 0.3) is 0 Å². The molecule has 1 aromatic rings. The van der Waals surface area contributed by atoms with Crippen molar-refractivity contribution in [3.05, 3.63) is 29.8 Å². The fourth-order valence-electron chi connectivity index (χ4n) is 2.40. The molecular weight excluding hydrogens is 242 g/mol. The minimum Gasteiger partial charge on any atom is -0.491 e. The molecule has 1 aliphatic heterocycles. The normalized spacial score (nSPS) is 19.8. The summed E-state index contributed by atoms with van der Waals surface area (Å²) in [5, 5.41) is 9.14. The van der Waals surface area contributed by atoms with Crippen LogP contribution in [-0.2, 0) is 11.3 Å². The van der Waals surface area contributed by atoms with Crippen molar-refractivity contribution in [3.63, 3.8) is 0 Å². The molecule has 1 N–H and O–H groups in total. The van der Waals surface area contributed by atoms with Crippen LogP contribution in [0.4, 0.5) is 0 Å². The van der Waals surface area contributed by atoms with Gasteiger partial charge in [-0.2, -0.15) is 0 Å². The van der Waals surface area contributed by atoms with E-state index in [1.807, 2.05) is 12.1 Å². The summed E-state index contributed by atoms with van der Waals surface area (Å²) in [5.41, 5.74) is 1.29. The Balaban J connectivity index is 1.78. The average Bonchev–Trinajstić information content (AvgIpc) is 2.89. The van der Waals surface area contributed by atoms with Crippen LogP contribution in [0.2, 0.25) is 0 Å². The molecule has 1 atom stereocenters. The predicted molar refractivity (Wildman–Crippen MR) is 74.3 cm³/mol. The summed E-state index contributed by atoms with van der Waals surface area (Å²) in [7, 11) is 1.67. The summed E-state index contributed by atoms with van der Waals surface area (Å²) in [6.45, 7) is 4.54. The van der Waals surface area contributed by atoms with E-state index in [1.54, 1.807) is 7.11 Å². The van der Waals surface area contributed by atoms with Crippen LogP contribution in [0.15, 0.2) is 24.3 Å². The zero-order valence-corrected chi connectivity index (χ0v) is 11.5. The van der Waals surface area contributed by atoms with E-state index in [1.165, 1.54) is 5.56 Å². The zero-order valence-electron chi connectivity index (χ0n) is 11.5. The number of benzene rings is 1. The lowest BCUT2D eigenvalue weighted by atomic mass is 10.1. The van der Waals surface area contributed by atoms with Crippen molar-refractivity contribution in [2.75, 3.05) is 40.0 Å². The molecular formula is C15H23NO3. The smallest absolute Gasteiger partial charge is 0.119 e. The van der Waals surface area contributed by atoms with E-state index in [0.717, 1.165) is 31.8 Å². The molecule has 1 fully saturated rings. The fourth-order valence-corrected chi connectivity index (χ4v) is 2.40. The lowest BCUT2D eigenvalue weighted by Gasteiger charge is -2.15. The highest BCUT2D eigenvalue weighted by Gasteiger charge is 2.21. The first kappa shape index (κ1) is 14.3. The Morgan fingerprint density at radius 1 is 1.26 bits per heavy atom. The Morgan fingerprint density at radius 2 is 2.05 bits per heavy atom. The second-order valence-electron chi connectivity index (χ2n) is 5.06. The van der Waals surface area contributed by atoms with Gasteiger partial charge in [-0.1, -0.05) is 12.1 Å². The Kier molecular flexibility index (Phi) is 5.63. The van der Waals surface area contributed by atoms with Crippen LogP contribution in [0.3, 0.4) is 0 Å². The summed E-state index contributed by atoms with van der Waals surface area (Å²) in [6.07, 6.45) is 1.11. The molecule has 0 amide bonds. The van der Waals surface area contributed by atoms with Gasteiger partial charge in [0.05, 0.1) is 6.61 Å². The molecule has 2 rings (SSSR count). The topological polar surface area (TPSA) is 41.9 Å². The Bertz CT molecular complexity index is 366. The van der Waals surface area contributed by atoms with Gasteiger partial charge >= 0.3 is 0 Å². The van der Waals surface area contributed by atoms with E-state index in [2.05, 4.69) is 17.0 Å². The van der Waals surface area contributed by atoms with Crippen molar-refractivity contribution in [1.29, 1.82) is 0 Å². The van der Waals surface area contributed by atoms with Gasteiger partial charge < -0.3 is 14.6 Å². The van der Waals surface area contributed by atoms with Crippen LogP contribution >= 0.6 is 0 Å². The van der Waals surface area contributed by atoms with Gasteiger partial charge in [-0.3, -0.25) is 4.90 Å². The van der Waals surface area contributed by atoms with E-state index in [0.29, 0.717) is 25.7 Å². The van der Waals surface area contributed by atoms with Gasteiger partial charge in [0.25, 0.3) is 0 Å². The summed E-state index contributed by atoms with van der Waals surface area (Å²) in [4.78, 5) is 2.39. The number of hydrogen-bond acceptors (Lipinski definition) is 4. The molecule has 1 unspecified atom stereocenters. The second-order valence-corrected chi connectivity index (χ2v) is 5.06. The first-order valence-corrected chi connectivity index (χ1v) is 6.85. The Labute approximate surface area is 114 Å². The molecule has 106 valence electrons.